The maximum atomic E-state index is 4.30. The van der Waals surface area contributed by atoms with Crippen LogP contribution in [0.15, 0.2) is 6.33 Å². The van der Waals surface area contributed by atoms with Gasteiger partial charge in [-0.3, -0.25) is 4.68 Å². The van der Waals surface area contributed by atoms with Gasteiger partial charge in [-0.05, 0) is 18.8 Å². The lowest BCUT2D eigenvalue weighted by atomic mass is 10.1. The van der Waals surface area contributed by atoms with Crippen LogP contribution >= 0.6 is 15.9 Å². The lowest BCUT2D eigenvalue weighted by Crippen LogP contribution is -2.11. The summed E-state index contributed by atoms with van der Waals surface area (Å²) in [7, 11) is 0. The summed E-state index contributed by atoms with van der Waals surface area (Å²) < 4.78 is 2.01. The van der Waals surface area contributed by atoms with Crippen LogP contribution in [0.5, 0.6) is 0 Å². The van der Waals surface area contributed by atoms with Gasteiger partial charge in [-0.15, -0.1) is 0 Å². The van der Waals surface area contributed by atoms with Crippen LogP contribution in [0.2, 0.25) is 0 Å². The Labute approximate surface area is 100 Å². The van der Waals surface area contributed by atoms with E-state index in [4.69, 9.17) is 0 Å². The molecule has 86 valence electrons. The second-order valence-electron chi connectivity index (χ2n) is 4.20. The third-order valence-electron chi connectivity index (χ3n) is 2.50. The van der Waals surface area contributed by atoms with Crippen LogP contribution in [0.4, 0.5) is 0 Å². The van der Waals surface area contributed by atoms with Gasteiger partial charge in [0.05, 0.1) is 0 Å². The maximum absolute atomic E-state index is 4.30. The maximum Gasteiger partial charge on any atom is 0.138 e. The Bertz CT molecular complexity index is 283. The first kappa shape index (κ1) is 12.7. The van der Waals surface area contributed by atoms with Crippen molar-refractivity contribution in [2.75, 3.05) is 0 Å². The van der Waals surface area contributed by atoms with Gasteiger partial charge < -0.3 is 0 Å². The molecule has 0 saturated heterocycles. The molecule has 1 rings (SSSR count). The Morgan fingerprint density at radius 2 is 2.20 bits per heavy atom. The van der Waals surface area contributed by atoms with Crippen molar-refractivity contribution in [3.8, 4) is 0 Å². The van der Waals surface area contributed by atoms with Gasteiger partial charge in [-0.25, -0.2) is 4.98 Å². The summed E-state index contributed by atoms with van der Waals surface area (Å²) in [6, 6.07) is 0. The SMILES string of the molecule is CCCn1ncnc1CCC(Br)C(C)C. The van der Waals surface area contributed by atoms with E-state index < -0.39 is 0 Å². The summed E-state index contributed by atoms with van der Waals surface area (Å²) in [6.45, 7) is 7.60. The first-order valence-electron chi connectivity index (χ1n) is 5.65. The van der Waals surface area contributed by atoms with Gasteiger partial charge >= 0.3 is 0 Å². The highest BCUT2D eigenvalue weighted by atomic mass is 79.9. The highest BCUT2D eigenvalue weighted by Crippen LogP contribution is 2.17. The number of alkyl halides is 1. The molecule has 0 saturated carbocycles. The van der Waals surface area contributed by atoms with Gasteiger partial charge in [0.2, 0.25) is 0 Å². The molecule has 0 aliphatic rings. The summed E-state index contributed by atoms with van der Waals surface area (Å²) in [6.07, 6.45) is 4.90. The zero-order valence-corrected chi connectivity index (χ0v) is 11.4. The fourth-order valence-corrected chi connectivity index (χ4v) is 1.71. The molecule has 0 bridgehead atoms. The molecule has 1 aromatic rings. The molecule has 1 unspecified atom stereocenters. The second-order valence-corrected chi connectivity index (χ2v) is 5.37. The van der Waals surface area contributed by atoms with E-state index in [1.807, 2.05) is 4.68 Å². The normalized spacial score (nSPS) is 13.4. The molecule has 0 aliphatic heterocycles. The number of aromatic nitrogens is 3. The molecule has 0 N–H and O–H groups in total. The first-order chi connectivity index (χ1) is 7.15. The molecule has 4 heteroatoms. The van der Waals surface area contributed by atoms with Crippen molar-refractivity contribution in [1.29, 1.82) is 0 Å². The minimum absolute atomic E-state index is 0.573. The largest absolute Gasteiger partial charge is 0.250 e. The van der Waals surface area contributed by atoms with Crippen molar-refractivity contribution in [1.82, 2.24) is 14.8 Å². The summed E-state index contributed by atoms with van der Waals surface area (Å²) in [5.74, 6) is 1.79. The molecule has 0 amide bonds. The average molecular weight is 274 g/mol. The molecule has 0 spiro atoms. The van der Waals surface area contributed by atoms with E-state index in [2.05, 4.69) is 46.8 Å². The number of hydrogen-bond acceptors (Lipinski definition) is 2. The van der Waals surface area contributed by atoms with Crippen LogP contribution in [0.3, 0.4) is 0 Å². The molecule has 0 aromatic carbocycles. The Hall–Kier alpha value is -0.380. The number of halogens is 1. The number of nitrogens with zero attached hydrogens (tertiary/aromatic N) is 3. The Kier molecular flexibility index (Phi) is 5.29. The molecule has 15 heavy (non-hydrogen) atoms. The molecular weight excluding hydrogens is 254 g/mol. The number of hydrogen-bond donors (Lipinski definition) is 0. The monoisotopic (exact) mass is 273 g/mol. The highest BCUT2D eigenvalue weighted by molar-refractivity contribution is 9.09. The Morgan fingerprint density at radius 3 is 2.80 bits per heavy atom. The second kappa shape index (κ2) is 6.26. The summed E-state index contributed by atoms with van der Waals surface area (Å²) in [5.41, 5.74) is 0. The first-order valence-corrected chi connectivity index (χ1v) is 6.57. The fourth-order valence-electron chi connectivity index (χ4n) is 1.48. The molecule has 3 nitrogen and oxygen atoms in total. The molecule has 1 heterocycles. The highest BCUT2D eigenvalue weighted by Gasteiger charge is 2.11. The van der Waals surface area contributed by atoms with Gasteiger partial charge in [-0.2, -0.15) is 5.10 Å². The van der Waals surface area contributed by atoms with Crippen molar-refractivity contribution in [3.05, 3.63) is 12.2 Å². The molecule has 0 fully saturated rings. The molecule has 0 radical (unpaired) electrons. The van der Waals surface area contributed by atoms with Crippen molar-refractivity contribution in [2.24, 2.45) is 5.92 Å². The van der Waals surface area contributed by atoms with Crippen molar-refractivity contribution < 1.29 is 0 Å². The third kappa shape index (κ3) is 3.93. The van der Waals surface area contributed by atoms with Gasteiger partial charge in [0.15, 0.2) is 0 Å². The topological polar surface area (TPSA) is 30.7 Å². The minimum Gasteiger partial charge on any atom is -0.250 e. The Balaban J connectivity index is 2.46. The molecule has 0 aliphatic carbocycles. The fraction of sp³-hybridized carbons (Fsp3) is 0.818. The zero-order chi connectivity index (χ0) is 11.3. The molecular formula is C11H20BrN3. The number of rotatable bonds is 6. The van der Waals surface area contributed by atoms with E-state index in [0.717, 1.165) is 31.6 Å². The van der Waals surface area contributed by atoms with E-state index in [1.54, 1.807) is 6.33 Å². The van der Waals surface area contributed by atoms with Crippen LogP contribution in [-0.4, -0.2) is 19.6 Å². The van der Waals surface area contributed by atoms with Crippen LogP contribution in [0, 0.1) is 5.92 Å². The average Bonchev–Trinajstić information content (AvgIpc) is 2.62. The smallest absolute Gasteiger partial charge is 0.138 e. The van der Waals surface area contributed by atoms with E-state index in [-0.39, 0.29) is 0 Å². The van der Waals surface area contributed by atoms with Crippen molar-refractivity contribution in [2.45, 2.75) is 51.4 Å². The van der Waals surface area contributed by atoms with E-state index in [1.165, 1.54) is 0 Å². The van der Waals surface area contributed by atoms with Crippen LogP contribution in [0.25, 0.3) is 0 Å². The molecule has 1 aromatic heterocycles. The van der Waals surface area contributed by atoms with Crippen LogP contribution in [0.1, 0.15) is 39.4 Å². The lowest BCUT2D eigenvalue weighted by Gasteiger charge is -2.13. The summed E-state index contributed by atoms with van der Waals surface area (Å²) in [5, 5.41) is 4.22. The van der Waals surface area contributed by atoms with Crippen LogP contribution in [-0.2, 0) is 13.0 Å². The summed E-state index contributed by atoms with van der Waals surface area (Å²) in [4.78, 5) is 4.87. The standard InChI is InChI=1S/C11H20BrN3/c1-4-7-15-11(13-8-14-15)6-5-10(12)9(2)3/h8-10H,4-7H2,1-3H3. The predicted octanol–water partition coefficient (Wildman–Crippen LogP) is 3.04. The van der Waals surface area contributed by atoms with Gasteiger partial charge in [-0.1, -0.05) is 36.7 Å². The van der Waals surface area contributed by atoms with E-state index >= 15 is 0 Å². The number of aryl methyl sites for hydroxylation is 2. The van der Waals surface area contributed by atoms with Crippen molar-refractivity contribution >= 4 is 15.9 Å². The quantitative estimate of drug-likeness (QED) is 0.746. The van der Waals surface area contributed by atoms with E-state index in [0.29, 0.717) is 10.7 Å². The van der Waals surface area contributed by atoms with E-state index in [9.17, 15) is 0 Å². The van der Waals surface area contributed by atoms with Gasteiger partial charge in [0, 0.05) is 17.8 Å². The minimum atomic E-state index is 0.573. The van der Waals surface area contributed by atoms with Crippen molar-refractivity contribution in [3.63, 3.8) is 0 Å². The Morgan fingerprint density at radius 1 is 1.47 bits per heavy atom. The molecule has 1 atom stereocenters. The third-order valence-corrected chi connectivity index (χ3v) is 4.01. The lowest BCUT2D eigenvalue weighted by molar-refractivity contribution is 0.534. The zero-order valence-electron chi connectivity index (χ0n) is 9.78. The summed E-state index contributed by atoms with van der Waals surface area (Å²) >= 11 is 3.69. The van der Waals surface area contributed by atoms with Crippen LogP contribution < -0.4 is 0 Å². The van der Waals surface area contributed by atoms with Gasteiger partial charge in [0.1, 0.15) is 12.2 Å². The van der Waals surface area contributed by atoms with Gasteiger partial charge in [0.25, 0.3) is 0 Å². The predicted molar refractivity (Wildman–Crippen MR) is 66.2 cm³/mol.